The zero-order chi connectivity index (χ0) is 9.80. The van der Waals surface area contributed by atoms with E-state index in [1.807, 2.05) is 7.05 Å². The Kier molecular flexibility index (Phi) is 3.82. The van der Waals surface area contributed by atoms with Crippen LogP contribution in [0.2, 0.25) is 0 Å². The summed E-state index contributed by atoms with van der Waals surface area (Å²) in [5.41, 5.74) is 0. The quantitative estimate of drug-likeness (QED) is 0.674. The number of hydrogen-bond acceptors (Lipinski definition) is 2. The van der Waals surface area contributed by atoms with E-state index >= 15 is 0 Å². The van der Waals surface area contributed by atoms with Crippen molar-refractivity contribution in [3.05, 3.63) is 0 Å². The van der Waals surface area contributed by atoms with Crippen LogP contribution in [0.4, 0.5) is 0 Å². The molecule has 2 atom stereocenters. The van der Waals surface area contributed by atoms with Gasteiger partial charge < -0.3 is 10.2 Å². The summed E-state index contributed by atoms with van der Waals surface area (Å²) in [5.74, 6) is 2.14. The maximum absolute atomic E-state index is 3.21. The Bertz CT molecular complexity index is 158. The number of rotatable bonds is 5. The van der Waals surface area contributed by atoms with Crippen molar-refractivity contribution in [3.63, 3.8) is 0 Å². The molecular formula is C12H24N2. The van der Waals surface area contributed by atoms with E-state index in [9.17, 15) is 0 Å². The second-order valence-corrected chi connectivity index (χ2v) is 5.02. The molecule has 2 fully saturated rings. The van der Waals surface area contributed by atoms with Crippen LogP contribution >= 0.6 is 0 Å². The molecule has 1 saturated carbocycles. The fourth-order valence-corrected chi connectivity index (χ4v) is 3.15. The summed E-state index contributed by atoms with van der Waals surface area (Å²) >= 11 is 0. The highest BCUT2D eigenvalue weighted by atomic mass is 15.2. The third kappa shape index (κ3) is 2.48. The van der Waals surface area contributed by atoms with Gasteiger partial charge in [-0.05, 0) is 57.7 Å². The Morgan fingerprint density at radius 2 is 1.86 bits per heavy atom. The van der Waals surface area contributed by atoms with Crippen LogP contribution in [0, 0.1) is 11.8 Å². The minimum absolute atomic E-state index is 1.07. The molecule has 0 aromatic heterocycles. The standard InChI is InChI=1S/C12H24N2/c1-13-7-2-3-8-14-9-11-5-4-6-12(11)10-14/h11-13H,2-10H2,1H3. The lowest BCUT2D eigenvalue weighted by Gasteiger charge is -2.16. The Labute approximate surface area is 88.1 Å². The zero-order valence-corrected chi connectivity index (χ0v) is 9.47. The van der Waals surface area contributed by atoms with Crippen molar-refractivity contribution in [2.75, 3.05) is 33.2 Å². The molecule has 1 N–H and O–H groups in total. The van der Waals surface area contributed by atoms with Crippen molar-refractivity contribution in [1.82, 2.24) is 10.2 Å². The summed E-state index contributed by atoms with van der Waals surface area (Å²) in [6.45, 7) is 5.34. The van der Waals surface area contributed by atoms with Gasteiger partial charge in [0.2, 0.25) is 0 Å². The van der Waals surface area contributed by atoms with Gasteiger partial charge in [0.25, 0.3) is 0 Å². The Balaban J connectivity index is 1.60. The van der Waals surface area contributed by atoms with Crippen molar-refractivity contribution < 1.29 is 0 Å². The Hall–Kier alpha value is -0.0800. The first-order chi connectivity index (χ1) is 6.90. The topological polar surface area (TPSA) is 15.3 Å². The van der Waals surface area contributed by atoms with Crippen molar-refractivity contribution >= 4 is 0 Å². The highest BCUT2D eigenvalue weighted by Crippen LogP contribution is 2.37. The van der Waals surface area contributed by atoms with E-state index < -0.39 is 0 Å². The molecule has 2 rings (SSSR count). The van der Waals surface area contributed by atoms with E-state index in [1.54, 1.807) is 0 Å². The van der Waals surface area contributed by atoms with Crippen molar-refractivity contribution in [2.24, 2.45) is 11.8 Å². The molecular weight excluding hydrogens is 172 g/mol. The lowest BCUT2D eigenvalue weighted by Crippen LogP contribution is -2.23. The SMILES string of the molecule is CNCCCCN1CC2CCCC2C1. The number of unbranched alkanes of at least 4 members (excludes halogenated alkanes) is 1. The first-order valence-corrected chi connectivity index (χ1v) is 6.27. The number of nitrogens with zero attached hydrogens (tertiary/aromatic N) is 1. The molecule has 0 amide bonds. The molecule has 2 unspecified atom stereocenters. The lowest BCUT2D eigenvalue weighted by atomic mass is 10.0. The van der Waals surface area contributed by atoms with E-state index in [4.69, 9.17) is 0 Å². The average Bonchev–Trinajstić information content (AvgIpc) is 2.72. The summed E-state index contributed by atoms with van der Waals surface area (Å²) in [6, 6.07) is 0. The molecule has 1 aliphatic carbocycles. The first kappa shape index (κ1) is 10.4. The van der Waals surface area contributed by atoms with Crippen molar-refractivity contribution in [3.8, 4) is 0 Å². The maximum Gasteiger partial charge on any atom is 0.00129 e. The molecule has 0 bridgehead atoms. The monoisotopic (exact) mass is 196 g/mol. The zero-order valence-electron chi connectivity index (χ0n) is 9.47. The summed E-state index contributed by atoms with van der Waals surface area (Å²) in [6.07, 6.45) is 7.24. The number of fused-ring (bicyclic) bond motifs is 1. The molecule has 0 aromatic carbocycles. The highest BCUT2D eigenvalue weighted by Gasteiger charge is 2.35. The molecule has 1 heterocycles. The van der Waals surface area contributed by atoms with Gasteiger partial charge in [0.05, 0.1) is 0 Å². The highest BCUT2D eigenvalue weighted by molar-refractivity contribution is 4.88. The molecule has 0 aromatic rings. The third-order valence-electron chi connectivity index (χ3n) is 3.95. The first-order valence-electron chi connectivity index (χ1n) is 6.27. The predicted octanol–water partition coefficient (Wildman–Crippen LogP) is 1.72. The number of likely N-dealkylation sites (tertiary alicyclic amines) is 1. The Morgan fingerprint density at radius 1 is 1.14 bits per heavy atom. The predicted molar refractivity (Wildman–Crippen MR) is 60.4 cm³/mol. The van der Waals surface area contributed by atoms with Crippen LogP contribution in [-0.2, 0) is 0 Å². The minimum atomic E-state index is 1.07. The van der Waals surface area contributed by atoms with Gasteiger partial charge in [0, 0.05) is 13.1 Å². The van der Waals surface area contributed by atoms with Gasteiger partial charge >= 0.3 is 0 Å². The fourth-order valence-electron chi connectivity index (χ4n) is 3.15. The van der Waals surface area contributed by atoms with E-state index in [1.165, 1.54) is 58.3 Å². The lowest BCUT2D eigenvalue weighted by molar-refractivity contribution is 0.304. The summed E-state index contributed by atoms with van der Waals surface area (Å²) in [5, 5.41) is 3.21. The Morgan fingerprint density at radius 3 is 2.50 bits per heavy atom. The largest absolute Gasteiger partial charge is 0.320 e. The average molecular weight is 196 g/mol. The smallest absolute Gasteiger partial charge is 0.00129 e. The molecule has 14 heavy (non-hydrogen) atoms. The number of nitrogens with one attached hydrogen (secondary N) is 1. The normalized spacial score (nSPS) is 32.4. The van der Waals surface area contributed by atoms with Gasteiger partial charge in [-0.3, -0.25) is 0 Å². The molecule has 1 saturated heterocycles. The van der Waals surface area contributed by atoms with Crippen LogP contribution < -0.4 is 5.32 Å². The summed E-state index contributed by atoms with van der Waals surface area (Å²) < 4.78 is 0. The molecule has 2 aliphatic rings. The van der Waals surface area contributed by atoms with Crippen LogP contribution in [0.15, 0.2) is 0 Å². The number of hydrogen-bond donors (Lipinski definition) is 1. The molecule has 2 heteroatoms. The van der Waals surface area contributed by atoms with E-state index in [-0.39, 0.29) is 0 Å². The van der Waals surface area contributed by atoms with Gasteiger partial charge in [-0.2, -0.15) is 0 Å². The van der Waals surface area contributed by atoms with E-state index in [2.05, 4.69) is 10.2 Å². The van der Waals surface area contributed by atoms with E-state index in [0.717, 1.165) is 11.8 Å². The molecule has 0 spiro atoms. The van der Waals surface area contributed by atoms with Crippen LogP contribution in [0.1, 0.15) is 32.1 Å². The maximum atomic E-state index is 3.21. The van der Waals surface area contributed by atoms with Gasteiger partial charge in [-0.15, -0.1) is 0 Å². The summed E-state index contributed by atoms with van der Waals surface area (Å²) in [7, 11) is 2.04. The molecule has 0 radical (unpaired) electrons. The minimum Gasteiger partial charge on any atom is -0.320 e. The van der Waals surface area contributed by atoms with Gasteiger partial charge in [-0.1, -0.05) is 6.42 Å². The summed E-state index contributed by atoms with van der Waals surface area (Å²) in [4.78, 5) is 2.70. The van der Waals surface area contributed by atoms with Crippen molar-refractivity contribution in [2.45, 2.75) is 32.1 Å². The second-order valence-electron chi connectivity index (χ2n) is 5.02. The molecule has 1 aliphatic heterocycles. The van der Waals surface area contributed by atoms with Gasteiger partial charge in [-0.25, -0.2) is 0 Å². The second kappa shape index (κ2) is 5.13. The third-order valence-corrected chi connectivity index (χ3v) is 3.95. The van der Waals surface area contributed by atoms with Gasteiger partial charge in [0.15, 0.2) is 0 Å². The van der Waals surface area contributed by atoms with Crippen LogP contribution in [-0.4, -0.2) is 38.1 Å². The van der Waals surface area contributed by atoms with Gasteiger partial charge in [0.1, 0.15) is 0 Å². The fraction of sp³-hybridized carbons (Fsp3) is 1.00. The molecule has 82 valence electrons. The van der Waals surface area contributed by atoms with Crippen molar-refractivity contribution in [1.29, 1.82) is 0 Å². The molecule has 2 nitrogen and oxygen atoms in total. The van der Waals surface area contributed by atoms with Crippen LogP contribution in [0.3, 0.4) is 0 Å². The van der Waals surface area contributed by atoms with E-state index in [0.29, 0.717) is 0 Å². The van der Waals surface area contributed by atoms with Crippen LogP contribution in [0.25, 0.3) is 0 Å². The van der Waals surface area contributed by atoms with Crippen LogP contribution in [0.5, 0.6) is 0 Å².